The average Bonchev–Trinajstić information content (AvgIpc) is 2.98. The molecular weight excluding hydrogens is 404 g/mol. The van der Waals surface area contributed by atoms with E-state index in [1.54, 1.807) is 36.7 Å². The summed E-state index contributed by atoms with van der Waals surface area (Å²) >= 11 is 6.49. The van der Waals surface area contributed by atoms with Crippen molar-refractivity contribution in [1.29, 1.82) is 0 Å². The number of fused-ring (bicyclic) bond motifs is 1. The van der Waals surface area contributed by atoms with Gasteiger partial charge in [0.1, 0.15) is 10.9 Å². The second-order valence-corrected chi connectivity index (χ2v) is 7.67. The van der Waals surface area contributed by atoms with Crippen LogP contribution in [0.25, 0.3) is 0 Å². The number of hydrogen-bond acceptors (Lipinski definition) is 4. The van der Waals surface area contributed by atoms with Gasteiger partial charge in [-0.25, -0.2) is 4.68 Å². The average molecular weight is 425 g/mol. The van der Waals surface area contributed by atoms with Crippen LogP contribution in [0, 0.1) is 13.8 Å². The van der Waals surface area contributed by atoms with Crippen LogP contribution in [0.2, 0.25) is 5.15 Å². The quantitative estimate of drug-likeness (QED) is 0.658. The van der Waals surface area contributed by atoms with Crippen LogP contribution in [0.4, 0.5) is 11.4 Å². The van der Waals surface area contributed by atoms with E-state index in [-0.39, 0.29) is 17.0 Å². The minimum Gasteiger partial charge on any atom is -0.479 e. The molecule has 0 bridgehead atoms. The molecule has 7 nitrogen and oxygen atoms in total. The molecule has 2 amide bonds. The molecule has 1 aliphatic rings. The molecule has 2 N–H and O–H groups in total. The highest BCUT2D eigenvalue weighted by Crippen LogP contribution is 2.32. The highest BCUT2D eigenvalue weighted by Gasteiger charge is 2.25. The van der Waals surface area contributed by atoms with Gasteiger partial charge in [-0.15, -0.1) is 0 Å². The summed E-state index contributed by atoms with van der Waals surface area (Å²) in [6, 6.07) is 13.1. The maximum atomic E-state index is 12.9. The summed E-state index contributed by atoms with van der Waals surface area (Å²) in [4.78, 5) is 24.7. The van der Waals surface area contributed by atoms with E-state index in [0.29, 0.717) is 34.9 Å². The number of aromatic nitrogens is 2. The molecule has 0 saturated carbocycles. The molecule has 1 unspecified atom stereocenters. The summed E-state index contributed by atoms with van der Waals surface area (Å²) in [7, 11) is 0. The van der Waals surface area contributed by atoms with Gasteiger partial charge < -0.3 is 15.4 Å². The molecule has 2 heterocycles. The normalized spacial score (nSPS) is 15.2. The van der Waals surface area contributed by atoms with Crippen molar-refractivity contribution in [2.45, 2.75) is 33.4 Å². The van der Waals surface area contributed by atoms with Crippen molar-refractivity contribution < 1.29 is 14.3 Å². The molecule has 2 aromatic carbocycles. The minimum absolute atomic E-state index is 0.234. The first kappa shape index (κ1) is 20.0. The number of nitrogens with zero attached hydrogens (tertiary/aromatic N) is 2. The number of anilines is 2. The van der Waals surface area contributed by atoms with Crippen molar-refractivity contribution in [3.8, 4) is 5.75 Å². The van der Waals surface area contributed by atoms with Crippen LogP contribution in [0.5, 0.6) is 5.75 Å². The molecule has 1 aromatic heterocycles. The largest absolute Gasteiger partial charge is 0.479 e. The molecule has 0 aliphatic carbocycles. The Morgan fingerprint density at radius 2 is 1.97 bits per heavy atom. The van der Waals surface area contributed by atoms with Gasteiger partial charge >= 0.3 is 0 Å². The molecule has 1 aliphatic heterocycles. The molecule has 3 aromatic rings. The lowest BCUT2D eigenvalue weighted by atomic mass is 10.1. The summed E-state index contributed by atoms with van der Waals surface area (Å²) in [6.45, 7) is 5.91. The van der Waals surface area contributed by atoms with Gasteiger partial charge in [0.2, 0.25) is 0 Å². The fraction of sp³-hybridized carbons (Fsp3) is 0.227. The summed E-state index contributed by atoms with van der Waals surface area (Å²) in [5.41, 5.74) is 4.08. The van der Waals surface area contributed by atoms with Crippen LogP contribution in [0.1, 0.15) is 34.1 Å². The lowest BCUT2D eigenvalue weighted by molar-refractivity contribution is -0.122. The van der Waals surface area contributed by atoms with Gasteiger partial charge in [-0.3, -0.25) is 9.59 Å². The Labute approximate surface area is 179 Å². The first-order valence-electron chi connectivity index (χ1n) is 9.53. The monoisotopic (exact) mass is 424 g/mol. The van der Waals surface area contributed by atoms with E-state index in [2.05, 4.69) is 15.7 Å². The maximum absolute atomic E-state index is 12.9. The first-order valence-corrected chi connectivity index (χ1v) is 9.91. The van der Waals surface area contributed by atoms with Crippen LogP contribution in [-0.2, 0) is 11.3 Å². The summed E-state index contributed by atoms with van der Waals surface area (Å²) in [5.74, 6) is -0.0495. The zero-order chi connectivity index (χ0) is 21.4. The third-order valence-corrected chi connectivity index (χ3v) is 5.30. The highest BCUT2D eigenvalue weighted by molar-refractivity contribution is 6.33. The van der Waals surface area contributed by atoms with Crippen molar-refractivity contribution in [2.24, 2.45) is 0 Å². The van der Waals surface area contributed by atoms with Crippen molar-refractivity contribution in [3.05, 3.63) is 70.0 Å². The first-order chi connectivity index (χ1) is 14.3. The number of carbonyl (C=O) groups is 2. The maximum Gasteiger partial charge on any atom is 0.265 e. The van der Waals surface area contributed by atoms with E-state index in [1.807, 2.05) is 31.2 Å². The fourth-order valence-corrected chi connectivity index (χ4v) is 3.58. The molecular formula is C22H21ClN4O3. The van der Waals surface area contributed by atoms with Gasteiger partial charge in [0.15, 0.2) is 6.10 Å². The number of carbonyl (C=O) groups excluding carboxylic acids is 2. The lowest BCUT2D eigenvalue weighted by Crippen LogP contribution is -2.34. The molecule has 0 fully saturated rings. The third-order valence-electron chi connectivity index (χ3n) is 4.91. The number of nitrogens with one attached hydrogen (secondary N) is 2. The van der Waals surface area contributed by atoms with E-state index in [0.717, 1.165) is 5.56 Å². The Hall–Kier alpha value is -3.32. The molecule has 4 rings (SSSR count). The Balaban J connectivity index is 1.54. The SMILES string of the molecule is Cc1ccc(Cn2nc(C)c(C(=O)Nc3ccc4c(c3)NC(=O)C(C)O4)c2Cl)cc1. The smallest absolute Gasteiger partial charge is 0.265 e. The van der Waals surface area contributed by atoms with E-state index in [1.165, 1.54) is 5.56 Å². The van der Waals surface area contributed by atoms with Crippen LogP contribution in [0.3, 0.4) is 0 Å². The Kier molecular flexibility index (Phi) is 5.22. The van der Waals surface area contributed by atoms with Crippen LogP contribution >= 0.6 is 11.6 Å². The number of amides is 2. The fourth-order valence-electron chi connectivity index (χ4n) is 3.26. The van der Waals surface area contributed by atoms with Crippen LogP contribution in [-0.4, -0.2) is 27.7 Å². The minimum atomic E-state index is -0.557. The van der Waals surface area contributed by atoms with Crippen LogP contribution < -0.4 is 15.4 Å². The molecule has 0 saturated heterocycles. The van der Waals surface area contributed by atoms with Gasteiger partial charge in [0.05, 0.1) is 23.5 Å². The van der Waals surface area contributed by atoms with E-state index < -0.39 is 6.10 Å². The zero-order valence-electron chi connectivity index (χ0n) is 16.8. The van der Waals surface area contributed by atoms with Gasteiger partial charge in [-0.1, -0.05) is 41.4 Å². The number of hydrogen-bond donors (Lipinski definition) is 2. The van der Waals surface area contributed by atoms with Gasteiger partial charge in [0.25, 0.3) is 11.8 Å². The number of ether oxygens (including phenoxy) is 1. The van der Waals surface area contributed by atoms with Crippen molar-refractivity contribution in [1.82, 2.24) is 9.78 Å². The molecule has 154 valence electrons. The topological polar surface area (TPSA) is 85.3 Å². The zero-order valence-corrected chi connectivity index (χ0v) is 17.6. The lowest BCUT2D eigenvalue weighted by Gasteiger charge is -2.23. The Bertz CT molecular complexity index is 1140. The van der Waals surface area contributed by atoms with Gasteiger partial charge in [-0.05, 0) is 44.5 Å². The summed E-state index contributed by atoms with van der Waals surface area (Å²) < 4.78 is 7.14. The van der Waals surface area contributed by atoms with Gasteiger partial charge in [-0.2, -0.15) is 5.10 Å². The van der Waals surface area contributed by atoms with E-state index in [9.17, 15) is 9.59 Å². The predicted molar refractivity (Wildman–Crippen MR) is 115 cm³/mol. The number of benzene rings is 2. The standard InChI is InChI=1S/C22H21ClN4O3/c1-12-4-6-15(7-5-12)11-27-20(23)19(13(2)26-27)22(29)24-16-8-9-18-17(10-16)25-21(28)14(3)30-18/h4-10,14H,11H2,1-3H3,(H,24,29)(H,25,28). The second kappa shape index (κ2) is 7.84. The van der Waals surface area contributed by atoms with Gasteiger partial charge in [0, 0.05) is 5.69 Å². The van der Waals surface area contributed by atoms with E-state index in [4.69, 9.17) is 16.3 Å². The van der Waals surface area contributed by atoms with Crippen molar-refractivity contribution in [2.75, 3.05) is 10.6 Å². The number of aryl methyl sites for hydroxylation is 2. The van der Waals surface area contributed by atoms with Crippen LogP contribution in [0.15, 0.2) is 42.5 Å². The molecule has 1 atom stereocenters. The Morgan fingerprint density at radius 3 is 2.70 bits per heavy atom. The molecule has 0 spiro atoms. The summed E-state index contributed by atoms with van der Waals surface area (Å²) in [5, 5.41) is 10.3. The number of halogens is 1. The number of rotatable bonds is 4. The predicted octanol–water partition coefficient (Wildman–Crippen LogP) is 4.17. The molecule has 30 heavy (non-hydrogen) atoms. The molecule has 0 radical (unpaired) electrons. The third kappa shape index (κ3) is 3.89. The van der Waals surface area contributed by atoms with Crippen molar-refractivity contribution >= 4 is 34.8 Å². The summed E-state index contributed by atoms with van der Waals surface area (Å²) in [6.07, 6.45) is -0.557. The molecule has 8 heteroatoms. The van der Waals surface area contributed by atoms with E-state index >= 15 is 0 Å². The second-order valence-electron chi connectivity index (χ2n) is 7.31. The van der Waals surface area contributed by atoms with Crippen molar-refractivity contribution in [3.63, 3.8) is 0 Å². The Morgan fingerprint density at radius 1 is 1.23 bits per heavy atom. The highest BCUT2D eigenvalue weighted by atomic mass is 35.5.